The summed E-state index contributed by atoms with van der Waals surface area (Å²) in [5, 5.41) is 6.54. The van der Waals surface area contributed by atoms with E-state index in [1.54, 1.807) is 26.0 Å². The lowest BCUT2D eigenvalue weighted by atomic mass is 10.1. The van der Waals surface area contributed by atoms with Gasteiger partial charge < -0.3 is 20.3 Å². The Labute approximate surface area is 151 Å². The van der Waals surface area contributed by atoms with Gasteiger partial charge in [0.25, 0.3) is 5.91 Å². The molecular formula is C19H32N4O2. The van der Waals surface area contributed by atoms with Gasteiger partial charge in [0.05, 0.1) is 0 Å². The highest BCUT2D eigenvalue weighted by Crippen LogP contribution is 2.06. The highest BCUT2D eigenvalue weighted by molar-refractivity contribution is 5.93. The number of nitrogens with zero attached hydrogens (tertiary/aromatic N) is 2. The summed E-state index contributed by atoms with van der Waals surface area (Å²) in [6, 6.07) is 7.61. The van der Waals surface area contributed by atoms with Crippen LogP contribution in [-0.4, -0.2) is 57.7 Å². The van der Waals surface area contributed by atoms with Crippen LogP contribution in [0.2, 0.25) is 0 Å². The third-order valence-corrected chi connectivity index (χ3v) is 3.50. The van der Waals surface area contributed by atoms with Gasteiger partial charge in [0.15, 0.2) is 5.96 Å². The fraction of sp³-hybridized carbons (Fsp3) is 0.579. The average Bonchev–Trinajstić information content (AvgIpc) is 2.60. The summed E-state index contributed by atoms with van der Waals surface area (Å²) in [5.74, 6) is 1.34. The number of guanidine groups is 1. The summed E-state index contributed by atoms with van der Waals surface area (Å²) >= 11 is 0. The molecule has 0 spiro atoms. The standard InChI is InChI=1S/C19H32N4O2/c1-15(2)14-25-12-6-11-21-19(20-3)22-13-16-7-9-17(10-8-16)18(24)23(4)5/h7-10,15H,6,11-14H2,1-5H3,(H2,20,21,22). The Kier molecular flexibility index (Phi) is 9.62. The van der Waals surface area contributed by atoms with Gasteiger partial charge in [0, 0.05) is 53.0 Å². The molecule has 1 aromatic carbocycles. The van der Waals surface area contributed by atoms with Crippen LogP contribution in [0.1, 0.15) is 36.2 Å². The first-order chi connectivity index (χ1) is 11.9. The minimum absolute atomic E-state index is 0.0108. The number of benzene rings is 1. The van der Waals surface area contributed by atoms with Crippen LogP contribution in [0.15, 0.2) is 29.3 Å². The van der Waals surface area contributed by atoms with Gasteiger partial charge in [-0.3, -0.25) is 9.79 Å². The van der Waals surface area contributed by atoms with E-state index < -0.39 is 0 Å². The van der Waals surface area contributed by atoms with Crippen LogP contribution >= 0.6 is 0 Å². The molecule has 1 rings (SSSR count). The number of rotatable bonds is 9. The van der Waals surface area contributed by atoms with E-state index in [2.05, 4.69) is 29.5 Å². The van der Waals surface area contributed by atoms with Crippen LogP contribution in [0.25, 0.3) is 0 Å². The van der Waals surface area contributed by atoms with Gasteiger partial charge in [-0.15, -0.1) is 0 Å². The van der Waals surface area contributed by atoms with E-state index in [9.17, 15) is 4.79 Å². The summed E-state index contributed by atoms with van der Waals surface area (Å²) < 4.78 is 5.56. The number of hydrogen-bond donors (Lipinski definition) is 2. The Hall–Kier alpha value is -2.08. The third-order valence-electron chi connectivity index (χ3n) is 3.50. The van der Waals surface area contributed by atoms with Gasteiger partial charge in [0.2, 0.25) is 0 Å². The van der Waals surface area contributed by atoms with Gasteiger partial charge in [0.1, 0.15) is 0 Å². The Balaban J connectivity index is 2.31. The molecule has 0 bridgehead atoms. The third kappa shape index (κ3) is 8.54. The Bertz CT molecular complexity index is 539. The lowest BCUT2D eigenvalue weighted by Gasteiger charge is -2.13. The Morgan fingerprint density at radius 1 is 1.20 bits per heavy atom. The largest absolute Gasteiger partial charge is 0.381 e. The summed E-state index contributed by atoms with van der Waals surface area (Å²) in [6.07, 6.45) is 0.939. The highest BCUT2D eigenvalue weighted by atomic mass is 16.5. The molecule has 0 fully saturated rings. The maximum atomic E-state index is 11.9. The maximum Gasteiger partial charge on any atom is 0.253 e. The molecule has 1 amide bonds. The second kappa shape index (κ2) is 11.5. The lowest BCUT2D eigenvalue weighted by molar-refractivity contribution is 0.0827. The van der Waals surface area contributed by atoms with E-state index in [0.29, 0.717) is 18.0 Å². The molecular weight excluding hydrogens is 316 g/mol. The minimum Gasteiger partial charge on any atom is -0.381 e. The zero-order chi connectivity index (χ0) is 18.7. The number of nitrogens with one attached hydrogen (secondary N) is 2. The molecule has 6 nitrogen and oxygen atoms in total. The molecule has 2 N–H and O–H groups in total. The van der Waals surface area contributed by atoms with Crippen molar-refractivity contribution in [3.05, 3.63) is 35.4 Å². The van der Waals surface area contributed by atoms with Crippen molar-refractivity contribution < 1.29 is 9.53 Å². The maximum absolute atomic E-state index is 11.9. The fourth-order valence-corrected chi connectivity index (χ4v) is 2.13. The van der Waals surface area contributed by atoms with E-state index in [0.717, 1.165) is 37.7 Å². The average molecular weight is 348 g/mol. The van der Waals surface area contributed by atoms with E-state index in [1.807, 2.05) is 24.3 Å². The molecule has 1 aromatic rings. The van der Waals surface area contributed by atoms with Crippen molar-refractivity contribution in [1.29, 1.82) is 0 Å². The SMILES string of the molecule is CN=C(NCCCOCC(C)C)NCc1ccc(C(=O)N(C)C)cc1. The quantitative estimate of drug-likeness (QED) is 0.408. The lowest BCUT2D eigenvalue weighted by Crippen LogP contribution is -2.37. The smallest absolute Gasteiger partial charge is 0.253 e. The number of carbonyl (C=O) groups is 1. The predicted octanol–water partition coefficient (Wildman–Crippen LogP) is 2.12. The number of hydrogen-bond acceptors (Lipinski definition) is 3. The Morgan fingerprint density at radius 2 is 1.88 bits per heavy atom. The zero-order valence-electron chi connectivity index (χ0n) is 16.1. The number of ether oxygens (including phenoxy) is 1. The van der Waals surface area contributed by atoms with Crippen LogP contribution in [-0.2, 0) is 11.3 Å². The van der Waals surface area contributed by atoms with Crippen LogP contribution in [0, 0.1) is 5.92 Å². The molecule has 0 saturated carbocycles. The van der Waals surface area contributed by atoms with Gasteiger partial charge in [-0.1, -0.05) is 26.0 Å². The van der Waals surface area contributed by atoms with E-state index in [4.69, 9.17) is 4.74 Å². The first-order valence-electron chi connectivity index (χ1n) is 8.77. The molecule has 140 valence electrons. The summed E-state index contributed by atoms with van der Waals surface area (Å²) in [7, 11) is 5.26. The number of carbonyl (C=O) groups excluding carboxylic acids is 1. The first kappa shape index (κ1) is 21.0. The van der Waals surface area contributed by atoms with Gasteiger partial charge in [-0.2, -0.15) is 0 Å². The molecule has 0 aliphatic carbocycles. The van der Waals surface area contributed by atoms with Crippen molar-refractivity contribution in [2.45, 2.75) is 26.8 Å². The summed E-state index contributed by atoms with van der Waals surface area (Å²) in [4.78, 5) is 17.7. The zero-order valence-corrected chi connectivity index (χ0v) is 16.1. The first-order valence-corrected chi connectivity index (χ1v) is 8.77. The predicted molar refractivity (Wildman–Crippen MR) is 103 cm³/mol. The van der Waals surface area contributed by atoms with E-state index in [-0.39, 0.29) is 5.91 Å². The van der Waals surface area contributed by atoms with Crippen molar-refractivity contribution in [2.75, 3.05) is 40.9 Å². The van der Waals surface area contributed by atoms with Crippen molar-refractivity contribution in [1.82, 2.24) is 15.5 Å². The van der Waals surface area contributed by atoms with E-state index >= 15 is 0 Å². The van der Waals surface area contributed by atoms with Gasteiger partial charge in [-0.25, -0.2) is 0 Å². The molecule has 0 radical (unpaired) electrons. The molecule has 25 heavy (non-hydrogen) atoms. The van der Waals surface area contributed by atoms with Crippen molar-refractivity contribution in [2.24, 2.45) is 10.9 Å². The van der Waals surface area contributed by atoms with Crippen LogP contribution < -0.4 is 10.6 Å². The van der Waals surface area contributed by atoms with Crippen LogP contribution in [0.3, 0.4) is 0 Å². The second-order valence-electron chi connectivity index (χ2n) is 6.57. The van der Waals surface area contributed by atoms with Gasteiger partial charge in [-0.05, 0) is 30.0 Å². The fourth-order valence-electron chi connectivity index (χ4n) is 2.13. The van der Waals surface area contributed by atoms with Gasteiger partial charge >= 0.3 is 0 Å². The molecule has 0 unspecified atom stereocenters. The van der Waals surface area contributed by atoms with Crippen molar-refractivity contribution >= 4 is 11.9 Å². The molecule has 6 heteroatoms. The summed E-state index contributed by atoms with van der Waals surface area (Å²) in [6.45, 7) is 7.32. The van der Waals surface area contributed by atoms with E-state index in [1.165, 1.54) is 0 Å². The summed E-state index contributed by atoms with van der Waals surface area (Å²) in [5.41, 5.74) is 1.79. The molecule has 0 heterocycles. The second-order valence-corrected chi connectivity index (χ2v) is 6.57. The topological polar surface area (TPSA) is 66.0 Å². The van der Waals surface area contributed by atoms with Crippen LogP contribution in [0.4, 0.5) is 0 Å². The molecule has 0 atom stereocenters. The molecule has 0 aliphatic heterocycles. The Morgan fingerprint density at radius 3 is 2.44 bits per heavy atom. The van der Waals surface area contributed by atoms with Crippen molar-refractivity contribution in [3.8, 4) is 0 Å². The molecule has 0 aromatic heterocycles. The molecule has 0 saturated heterocycles. The van der Waals surface area contributed by atoms with Crippen molar-refractivity contribution in [3.63, 3.8) is 0 Å². The minimum atomic E-state index is 0.0108. The van der Waals surface area contributed by atoms with Crippen LogP contribution in [0.5, 0.6) is 0 Å². The molecule has 0 aliphatic rings. The highest BCUT2D eigenvalue weighted by Gasteiger charge is 2.07. The monoisotopic (exact) mass is 348 g/mol. The normalized spacial score (nSPS) is 11.5. The number of aliphatic imine (C=N–C) groups is 1. The number of amides is 1.